The van der Waals surface area contributed by atoms with E-state index in [9.17, 15) is 14.3 Å². The van der Waals surface area contributed by atoms with Crippen molar-refractivity contribution in [2.75, 3.05) is 17.7 Å². The first kappa shape index (κ1) is 19.1. The molecule has 1 aromatic heterocycles. The third kappa shape index (κ3) is 4.95. The molecule has 2 aromatic carbocycles. The number of nitrogens with two attached hydrogens (primary N) is 1. The molecule has 0 bridgehead atoms. The van der Waals surface area contributed by atoms with Crippen molar-refractivity contribution in [2.45, 2.75) is 0 Å². The minimum absolute atomic E-state index is 0.334. The van der Waals surface area contributed by atoms with E-state index < -0.39 is 7.37 Å². The number of nitrogens with one attached hydrogen (secondary N) is 1. The maximum absolute atomic E-state index is 12.3. The first-order chi connectivity index (χ1) is 12.8. The molecule has 27 heavy (non-hydrogen) atoms. The van der Waals surface area contributed by atoms with Gasteiger partial charge in [0.2, 0.25) is 13.3 Å². The summed E-state index contributed by atoms with van der Waals surface area (Å²) < 4.78 is 11.8. The minimum atomic E-state index is -3.33. The van der Waals surface area contributed by atoms with Gasteiger partial charge in [0.05, 0.1) is 11.4 Å². The highest BCUT2D eigenvalue weighted by molar-refractivity contribution is 7.65. The van der Waals surface area contributed by atoms with Gasteiger partial charge in [-0.2, -0.15) is 0 Å². The predicted molar refractivity (Wildman–Crippen MR) is 114 cm³/mol. The van der Waals surface area contributed by atoms with Gasteiger partial charge in [0.15, 0.2) is 0 Å². The van der Waals surface area contributed by atoms with E-state index in [1.54, 1.807) is 47.7 Å². The van der Waals surface area contributed by atoms with Crippen LogP contribution < -0.4 is 16.4 Å². The number of hydrogen-bond donors (Lipinski definition) is 3. The van der Waals surface area contributed by atoms with Gasteiger partial charge >= 0.3 is 0 Å². The summed E-state index contributed by atoms with van der Waals surface area (Å²) in [5, 5.41) is 5.11. The highest BCUT2D eigenvalue weighted by atomic mass is 32.1. The van der Waals surface area contributed by atoms with Gasteiger partial charge in [0.25, 0.3) is 0 Å². The second-order valence-electron chi connectivity index (χ2n) is 6.08. The topological polar surface area (TPSA) is 92.4 Å². The lowest BCUT2D eigenvalue weighted by Crippen LogP contribution is -2.10. The quantitative estimate of drug-likeness (QED) is 0.342. The van der Waals surface area contributed by atoms with Crippen molar-refractivity contribution in [3.63, 3.8) is 0 Å². The van der Waals surface area contributed by atoms with Crippen molar-refractivity contribution in [1.82, 2.24) is 0 Å². The molecule has 0 aliphatic carbocycles. The van der Waals surface area contributed by atoms with Crippen molar-refractivity contribution >= 4 is 47.4 Å². The lowest BCUT2D eigenvalue weighted by atomic mass is 10.1. The molecule has 3 rings (SSSR count). The Balaban J connectivity index is 1.75. The lowest BCUT2D eigenvalue weighted by Gasteiger charge is -2.08. The van der Waals surface area contributed by atoms with Gasteiger partial charge in [0.1, 0.15) is 0 Å². The van der Waals surface area contributed by atoms with Crippen LogP contribution in [-0.2, 0) is 9.36 Å². The number of rotatable bonds is 5. The zero-order valence-corrected chi connectivity index (χ0v) is 16.3. The zero-order chi connectivity index (χ0) is 19.4. The van der Waals surface area contributed by atoms with Gasteiger partial charge in [-0.25, -0.2) is 0 Å². The first-order valence-electron chi connectivity index (χ1n) is 8.16. The van der Waals surface area contributed by atoms with E-state index in [0.29, 0.717) is 22.2 Å². The largest absolute Gasteiger partial charge is 0.397 e. The van der Waals surface area contributed by atoms with Crippen LogP contribution >= 0.6 is 18.7 Å². The van der Waals surface area contributed by atoms with Crippen molar-refractivity contribution in [2.24, 2.45) is 0 Å². The number of carbonyl (C=O) groups is 1. The standard InChI is InChI=1S/C20H19N2O3PS/c1-26(24,25)16-5-2-4-14(12-16)7-10-20(23)22-18-13-15(8-9-17(18)21)19-6-3-11-27-19/h2-13H,21H2,1H3,(H,22,23)(H,24,25)/b10-7+. The highest BCUT2D eigenvalue weighted by Crippen LogP contribution is 2.34. The van der Waals surface area contributed by atoms with E-state index >= 15 is 0 Å². The summed E-state index contributed by atoms with van der Waals surface area (Å²) in [6.07, 6.45) is 2.96. The summed E-state index contributed by atoms with van der Waals surface area (Å²) in [7, 11) is -3.33. The van der Waals surface area contributed by atoms with Crippen LogP contribution in [0.5, 0.6) is 0 Å². The van der Waals surface area contributed by atoms with Gasteiger partial charge in [-0.05, 0) is 52.9 Å². The van der Waals surface area contributed by atoms with E-state index in [1.165, 1.54) is 12.7 Å². The molecule has 0 saturated carbocycles. The third-order valence-electron chi connectivity index (χ3n) is 3.89. The second kappa shape index (κ2) is 7.92. The number of hydrogen-bond acceptors (Lipinski definition) is 4. The van der Waals surface area contributed by atoms with E-state index in [1.807, 2.05) is 29.6 Å². The Morgan fingerprint density at radius 2 is 2.00 bits per heavy atom. The maximum Gasteiger partial charge on any atom is 0.248 e. The molecule has 1 amide bonds. The van der Waals surface area contributed by atoms with Crippen LogP contribution in [0, 0.1) is 0 Å². The summed E-state index contributed by atoms with van der Waals surface area (Å²) in [6, 6.07) is 16.1. The number of nitrogen functional groups attached to an aromatic ring is 1. The van der Waals surface area contributed by atoms with E-state index in [-0.39, 0.29) is 5.91 Å². The molecule has 5 nitrogen and oxygen atoms in total. The molecular formula is C20H19N2O3PS. The summed E-state index contributed by atoms with van der Waals surface area (Å²) in [5.41, 5.74) is 8.63. The Bertz CT molecular complexity index is 1040. The molecule has 0 aliphatic rings. The Hall–Kier alpha value is -2.66. The molecule has 0 radical (unpaired) electrons. The monoisotopic (exact) mass is 398 g/mol. The van der Waals surface area contributed by atoms with Crippen molar-refractivity contribution in [1.29, 1.82) is 0 Å². The summed E-state index contributed by atoms with van der Waals surface area (Å²) >= 11 is 1.61. The SMILES string of the molecule is CP(=O)(O)c1cccc(/C=C/C(=O)Nc2cc(-c3cccs3)ccc2N)c1. The maximum atomic E-state index is 12.3. The molecule has 4 N–H and O–H groups in total. The molecular weight excluding hydrogens is 379 g/mol. The molecule has 0 fully saturated rings. The predicted octanol–water partition coefficient (Wildman–Crippen LogP) is 4.17. The van der Waals surface area contributed by atoms with Crippen molar-refractivity contribution < 1.29 is 14.3 Å². The fraction of sp³-hybridized carbons (Fsp3) is 0.0500. The second-order valence-corrected chi connectivity index (χ2v) is 9.30. The zero-order valence-electron chi connectivity index (χ0n) is 14.6. The van der Waals surface area contributed by atoms with Gasteiger partial charge in [0, 0.05) is 22.9 Å². The molecule has 138 valence electrons. The van der Waals surface area contributed by atoms with Crippen LogP contribution in [0.4, 0.5) is 11.4 Å². The third-order valence-corrected chi connectivity index (χ3v) is 6.05. The van der Waals surface area contributed by atoms with E-state index in [2.05, 4.69) is 5.32 Å². The summed E-state index contributed by atoms with van der Waals surface area (Å²) in [6.45, 7) is 1.28. The van der Waals surface area contributed by atoms with E-state index in [0.717, 1.165) is 10.4 Å². The molecule has 1 heterocycles. The molecule has 1 atom stereocenters. The fourth-order valence-electron chi connectivity index (χ4n) is 2.49. The van der Waals surface area contributed by atoms with Crippen LogP contribution in [0.1, 0.15) is 5.56 Å². The first-order valence-corrected chi connectivity index (χ1v) is 11.1. The van der Waals surface area contributed by atoms with Gasteiger partial charge in [-0.3, -0.25) is 9.36 Å². The molecule has 3 aromatic rings. The van der Waals surface area contributed by atoms with Crippen LogP contribution in [0.25, 0.3) is 16.5 Å². The average molecular weight is 398 g/mol. The number of thiophene rings is 1. The number of anilines is 2. The van der Waals surface area contributed by atoms with Crippen molar-refractivity contribution in [3.8, 4) is 10.4 Å². The van der Waals surface area contributed by atoms with Crippen LogP contribution in [0.2, 0.25) is 0 Å². The summed E-state index contributed by atoms with van der Waals surface area (Å²) in [4.78, 5) is 23.0. The van der Waals surface area contributed by atoms with Gasteiger partial charge < -0.3 is 15.9 Å². The van der Waals surface area contributed by atoms with Crippen molar-refractivity contribution in [3.05, 3.63) is 71.6 Å². The van der Waals surface area contributed by atoms with E-state index in [4.69, 9.17) is 5.73 Å². The lowest BCUT2D eigenvalue weighted by molar-refractivity contribution is -0.111. The number of benzene rings is 2. The Labute approximate surface area is 161 Å². The Morgan fingerprint density at radius 1 is 1.19 bits per heavy atom. The highest BCUT2D eigenvalue weighted by Gasteiger charge is 2.13. The molecule has 0 aliphatic heterocycles. The van der Waals surface area contributed by atoms with Gasteiger partial charge in [-0.1, -0.05) is 24.3 Å². The minimum Gasteiger partial charge on any atom is -0.397 e. The molecule has 7 heteroatoms. The smallest absolute Gasteiger partial charge is 0.248 e. The number of amides is 1. The Morgan fingerprint density at radius 3 is 2.70 bits per heavy atom. The van der Waals surface area contributed by atoms with Crippen LogP contribution in [0.15, 0.2) is 66.1 Å². The molecule has 0 saturated heterocycles. The molecule has 0 spiro atoms. The van der Waals surface area contributed by atoms with Crippen LogP contribution in [-0.4, -0.2) is 17.5 Å². The fourth-order valence-corrected chi connectivity index (χ4v) is 3.97. The average Bonchev–Trinajstić information content (AvgIpc) is 3.16. The van der Waals surface area contributed by atoms with Crippen LogP contribution in [0.3, 0.4) is 0 Å². The summed E-state index contributed by atoms with van der Waals surface area (Å²) in [5.74, 6) is -0.334. The normalized spacial score (nSPS) is 13.4. The number of carbonyl (C=O) groups excluding carboxylic acids is 1. The molecule has 1 unspecified atom stereocenters. The van der Waals surface area contributed by atoms with Gasteiger partial charge in [-0.15, -0.1) is 11.3 Å². The Kier molecular flexibility index (Phi) is 5.61.